The molecule has 2 N–H and O–H groups in total. The first-order valence-corrected chi connectivity index (χ1v) is 7.89. The minimum Gasteiger partial charge on any atom is -0.399 e. The Morgan fingerprint density at radius 3 is 3.00 bits per heavy atom. The fourth-order valence-electron chi connectivity index (χ4n) is 2.60. The Morgan fingerprint density at radius 2 is 2.11 bits per heavy atom. The van der Waals surface area contributed by atoms with Crippen molar-refractivity contribution in [2.45, 2.75) is 13.3 Å². The maximum Gasteiger partial charge on any atom is 0.0727 e. The van der Waals surface area contributed by atoms with E-state index in [-0.39, 0.29) is 0 Å². The van der Waals surface area contributed by atoms with Crippen LogP contribution in [0.4, 0.5) is 11.4 Å². The van der Waals surface area contributed by atoms with Crippen LogP contribution in [0.2, 0.25) is 0 Å². The first kappa shape index (κ1) is 12.6. The Kier molecular flexibility index (Phi) is 3.51. The van der Waals surface area contributed by atoms with E-state index in [9.17, 15) is 0 Å². The Balaban J connectivity index is 2.12. The van der Waals surface area contributed by atoms with E-state index in [1.54, 1.807) is 0 Å². The number of hydrogen-bond donors (Lipinski definition) is 1. The van der Waals surface area contributed by atoms with Gasteiger partial charge in [-0.05, 0) is 43.4 Å². The van der Waals surface area contributed by atoms with Crippen LogP contribution in [0.15, 0.2) is 24.3 Å². The molecule has 3 rings (SSSR count). The molecule has 0 bridgehead atoms. The molecule has 1 aliphatic heterocycles. The van der Waals surface area contributed by atoms with Crippen molar-refractivity contribution in [3.63, 3.8) is 0 Å². The molecule has 1 aromatic heterocycles. The van der Waals surface area contributed by atoms with E-state index < -0.39 is 0 Å². The summed E-state index contributed by atoms with van der Waals surface area (Å²) in [5.74, 6) is 2.46. The summed E-state index contributed by atoms with van der Waals surface area (Å²) in [6.07, 6.45) is 1.25. The Labute approximate surface area is 118 Å². The summed E-state index contributed by atoms with van der Waals surface area (Å²) < 4.78 is 0. The molecule has 0 aliphatic carbocycles. The number of aryl methyl sites for hydroxylation is 1. The molecule has 3 nitrogen and oxygen atoms in total. The van der Waals surface area contributed by atoms with Crippen molar-refractivity contribution in [2.75, 3.05) is 35.2 Å². The van der Waals surface area contributed by atoms with E-state index >= 15 is 0 Å². The molecule has 1 saturated heterocycles. The van der Waals surface area contributed by atoms with Gasteiger partial charge >= 0.3 is 0 Å². The van der Waals surface area contributed by atoms with Crippen LogP contribution in [-0.4, -0.2) is 29.6 Å². The third kappa shape index (κ3) is 2.63. The van der Waals surface area contributed by atoms with Gasteiger partial charge in [0.25, 0.3) is 0 Å². The summed E-state index contributed by atoms with van der Waals surface area (Å²) in [5, 5.41) is 1.18. The number of rotatable bonds is 1. The van der Waals surface area contributed by atoms with Crippen LogP contribution >= 0.6 is 11.8 Å². The van der Waals surface area contributed by atoms with Crippen LogP contribution in [0.5, 0.6) is 0 Å². The van der Waals surface area contributed by atoms with Crippen molar-refractivity contribution in [3.8, 4) is 0 Å². The van der Waals surface area contributed by atoms with Crippen molar-refractivity contribution in [3.05, 3.63) is 30.0 Å². The lowest BCUT2D eigenvalue weighted by Gasteiger charge is -2.24. The van der Waals surface area contributed by atoms with E-state index in [2.05, 4.69) is 28.9 Å². The van der Waals surface area contributed by atoms with Crippen molar-refractivity contribution in [1.29, 1.82) is 0 Å². The van der Waals surface area contributed by atoms with Crippen molar-refractivity contribution >= 4 is 34.0 Å². The Hall–Kier alpha value is -1.42. The number of hydrogen-bond acceptors (Lipinski definition) is 4. The highest BCUT2D eigenvalue weighted by Crippen LogP contribution is 2.29. The van der Waals surface area contributed by atoms with Gasteiger partial charge in [-0.25, -0.2) is 0 Å². The number of pyridine rings is 1. The lowest BCUT2D eigenvalue weighted by atomic mass is 10.1. The summed E-state index contributed by atoms with van der Waals surface area (Å²) >= 11 is 2.04. The second-order valence-electron chi connectivity index (χ2n) is 5.01. The van der Waals surface area contributed by atoms with Gasteiger partial charge in [0.2, 0.25) is 0 Å². The number of fused-ring (bicyclic) bond motifs is 1. The molecule has 100 valence electrons. The van der Waals surface area contributed by atoms with Crippen LogP contribution in [0.1, 0.15) is 12.1 Å². The third-order valence-corrected chi connectivity index (χ3v) is 4.55. The zero-order chi connectivity index (χ0) is 13.2. The molecule has 0 radical (unpaired) electrons. The molecule has 19 heavy (non-hydrogen) atoms. The van der Waals surface area contributed by atoms with E-state index in [0.717, 1.165) is 30.0 Å². The highest BCUT2D eigenvalue weighted by Gasteiger charge is 2.14. The second kappa shape index (κ2) is 5.29. The molecule has 4 heteroatoms. The SMILES string of the molecule is Cc1cc(N2CCCSCC2)c2cc(N)ccc2n1. The predicted molar refractivity (Wildman–Crippen MR) is 85.0 cm³/mol. The maximum absolute atomic E-state index is 5.94. The van der Waals surface area contributed by atoms with Gasteiger partial charge in [-0.3, -0.25) is 4.98 Å². The molecule has 1 aromatic carbocycles. The van der Waals surface area contributed by atoms with Crippen molar-refractivity contribution in [1.82, 2.24) is 4.98 Å². The number of thioether (sulfide) groups is 1. The first-order valence-electron chi connectivity index (χ1n) is 6.73. The van der Waals surface area contributed by atoms with Gasteiger partial charge in [0.1, 0.15) is 0 Å². The number of aromatic nitrogens is 1. The minimum absolute atomic E-state index is 0.809. The number of nitrogen functional groups attached to an aromatic ring is 1. The van der Waals surface area contributed by atoms with E-state index in [1.165, 1.54) is 29.0 Å². The quantitative estimate of drug-likeness (QED) is 0.811. The van der Waals surface area contributed by atoms with Crippen LogP contribution in [0.3, 0.4) is 0 Å². The first-order chi connectivity index (χ1) is 9.24. The molecule has 1 aliphatic rings. The van der Waals surface area contributed by atoms with Crippen LogP contribution in [0.25, 0.3) is 10.9 Å². The monoisotopic (exact) mass is 273 g/mol. The smallest absolute Gasteiger partial charge is 0.0727 e. The van der Waals surface area contributed by atoms with Crippen molar-refractivity contribution in [2.24, 2.45) is 0 Å². The summed E-state index contributed by atoms with van der Waals surface area (Å²) in [7, 11) is 0. The molecule has 2 aromatic rings. The van der Waals surface area contributed by atoms with Gasteiger partial charge in [0.15, 0.2) is 0 Å². The van der Waals surface area contributed by atoms with Gasteiger partial charge in [-0.1, -0.05) is 0 Å². The highest BCUT2D eigenvalue weighted by atomic mass is 32.2. The number of anilines is 2. The average molecular weight is 273 g/mol. The fraction of sp³-hybridized carbons (Fsp3) is 0.400. The predicted octanol–water partition coefficient (Wildman–Crippen LogP) is 3.07. The molecule has 0 atom stereocenters. The van der Waals surface area contributed by atoms with E-state index in [1.807, 2.05) is 23.9 Å². The van der Waals surface area contributed by atoms with Gasteiger partial charge < -0.3 is 10.6 Å². The molecule has 0 saturated carbocycles. The molecule has 0 spiro atoms. The third-order valence-electron chi connectivity index (χ3n) is 3.50. The zero-order valence-corrected chi connectivity index (χ0v) is 12.0. The number of benzene rings is 1. The second-order valence-corrected chi connectivity index (χ2v) is 6.24. The van der Waals surface area contributed by atoms with E-state index in [0.29, 0.717) is 0 Å². The van der Waals surface area contributed by atoms with Gasteiger partial charge in [0, 0.05) is 41.3 Å². The number of nitrogens with two attached hydrogens (primary N) is 1. The Morgan fingerprint density at radius 1 is 1.21 bits per heavy atom. The average Bonchev–Trinajstić information content (AvgIpc) is 2.67. The fourth-order valence-corrected chi connectivity index (χ4v) is 3.49. The Bertz CT molecular complexity index is 589. The molecule has 1 fully saturated rings. The highest BCUT2D eigenvalue weighted by molar-refractivity contribution is 7.99. The van der Waals surface area contributed by atoms with Crippen LogP contribution in [0, 0.1) is 6.92 Å². The molecular formula is C15H19N3S. The number of nitrogens with zero attached hydrogens (tertiary/aromatic N) is 2. The molecule has 0 unspecified atom stereocenters. The topological polar surface area (TPSA) is 42.1 Å². The van der Waals surface area contributed by atoms with Gasteiger partial charge in [-0.15, -0.1) is 0 Å². The van der Waals surface area contributed by atoms with Gasteiger partial charge in [-0.2, -0.15) is 11.8 Å². The van der Waals surface area contributed by atoms with Crippen molar-refractivity contribution < 1.29 is 0 Å². The molecular weight excluding hydrogens is 254 g/mol. The lowest BCUT2D eigenvalue weighted by Crippen LogP contribution is -2.25. The van der Waals surface area contributed by atoms with Gasteiger partial charge in [0.05, 0.1) is 5.52 Å². The van der Waals surface area contributed by atoms with Crippen LogP contribution < -0.4 is 10.6 Å². The molecule has 2 heterocycles. The lowest BCUT2D eigenvalue weighted by molar-refractivity contribution is 0.818. The summed E-state index contributed by atoms with van der Waals surface area (Å²) in [6.45, 7) is 4.30. The summed E-state index contributed by atoms with van der Waals surface area (Å²) in [5.41, 5.74) is 10.2. The van der Waals surface area contributed by atoms with Crippen LogP contribution in [-0.2, 0) is 0 Å². The largest absolute Gasteiger partial charge is 0.399 e. The molecule has 0 amide bonds. The minimum atomic E-state index is 0.809. The standard InChI is InChI=1S/C15H19N3S/c1-11-9-15(18-5-2-7-19-8-6-18)13-10-12(16)3-4-14(13)17-11/h3-4,9-10H,2,5-8,16H2,1H3. The zero-order valence-electron chi connectivity index (χ0n) is 11.2. The summed E-state index contributed by atoms with van der Waals surface area (Å²) in [4.78, 5) is 7.09. The maximum atomic E-state index is 5.94. The summed E-state index contributed by atoms with van der Waals surface area (Å²) in [6, 6.07) is 8.19. The van der Waals surface area contributed by atoms with E-state index in [4.69, 9.17) is 5.73 Å². The normalized spacial score (nSPS) is 16.6.